The summed E-state index contributed by atoms with van der Waals surface area (Å²) in [6.07, 6.45) is 9.42. The molecule has 1 amide bonds. The smallest absolute Gasteiger partial charge is 0.223 e. The minimum atomic E-state index is 0.182. The maximum atomic E-state index is 11.6. The van der Waals surface area contributed by atoms with Gasteiger partial charge in [-0.3, -0.25) is 4.79 Å². The fourth-order valence-electron chi connectivity index (χ4n) is 1.91. The van der Waals surface area contributed by atoms with Crippen molar-refractivity contribution in [1.82, 2.24) is 4.90 Å². The van der Waals surface area contributed by atoms with Crippen molar-refractivity contribution in [2.45, 2.75) is 46.6 Å². The van der Waals surface area contributed by atoms with E-state index in [0.717, 1.165) is 13.0 Å². The quantitative estimate of drug-likeness (QED) is 0.680. The van der Waals surface area contributed by atoms with Gasteiger partial charge in [-0.15, -0.1) is 0 Å². The van der Waals surface area contributed by atoms with E-state index in [0.29, 0.717) is 6.42 Å². The van der Waals surface area contributed by atoms with Crippen LogP contribution in [0.4, 0.5) is 0 Å². The molecule has 1 saturated heterocycles. The van der Waals surface area contributed by atoms with Crippen LogP contribution in [0.5, 0.6) is 0 Å². The van der Waals surface area contributed by atoms with Crippen LogP contribution in [0.3, 0.4) is 0 Å². The summed E-state index contributed by atoms with van der Waals surface area (Å²) in [5.74, 6) is 0.272. The van der Waals surface area contributed by atoms with E-state index < -0.39 is 0 Å². The highest BCUT2D eigenvalue weighted by Crippen LogP contribution is 2.19. The Morgan fingerprint density at radius 2 is 2.12 bits per heavy atom. The molecule has 0 spiro atoms. The molecule has 1 rings (SSSR count). The molecule has 1 heterocycles. The molecule has 1 aliphatic rings. The first-order chi connectivity index (χ1) is 8.20. The molecule has 0 aliphatic carbocycles. The van der Waals surface area contributed by atoms with Gasteiger partial charge in [0.05, 0.1) is 6.04 Å². The Labute approximate surface area is 106 Å². The SMILES string of the molecule is C=C/C=C\C(=C/C)C(C)N1CCCC1=O.CC. The van der Waals surface area contributed by atoms with Gasteiger partial charge in [-0.25, -0.2) is 0 Å². The second-order valence-corrected chi connectivity index (χ2v) is 3.75. The van der Waals surface area contributed by atoms with Crippen molar-refractivity contribution in [3.8, 4) is 0 Å². The lowest BCUT2D eigenvalue weighted by molar-refractivity contribution is -0.128. The number of carbonyl (C=O) groups is 1. The zero-order valence-electron chi connectivity index (χ0n) is 11.6. The summed E-state index contributed by atoms with van der Waals surface area (Å²) in [6.45, 7) is 12.6. The Kier molecular flexibility index (Phi) is 8.12. The number of hydrogen-bond acceptors (Lipinski definition) is 1. The van der Waals surface area contributed by atoms with Gasteiger partial charge >= 0.3 is 0 Å². The Balaban J connectivity index is 0.00000121. The van der Waals surface area contributed by atoms with E-state index >= 15 is 0 Å². The van der Waals surface area contributed by atoms with Crippen LogP contribution in [0.1, 0.15) is 40.5 Å². The van der Waals surface area contributed by atoms with Crippen LogP contribution in [-0.2, 0) is 4.79 Å². The van der Waals surface area contributed by atoms with Crippen molar-refractivity contribution < 1.29 is 4.79 Å². The molecule has 0 saturated carbocycles. The molecule has 2 nitrogen and oxygen atoms in total. The molecular formula is C15H25NO. The van der Waals surface area contributed by atoms with Gasteiger partial charge in [-0.05, 0) is 25.8 Å². The van der Waals surface area contributed by atoms with Gasteiger partial charge in [0.2, 0.25) is 5.91 Å². The number of carbonyl (C=O) groups excluding carboxylic acids is 1. The van der Waals surface area contributed by atoms with Gasteiger partial charge < -0.3 is 4.90 Å². The fourth-order valence-corrected chi connectivity index (χ4v) is 1.91. The predicted molar refractivity (Wildman–Crippen MR) is 74.9 cm³/mol. The normalized spacial score (nSPS) is 18.0. The van der Waals surface area contributed by atoms with Crippen molar-refractivity contribution in [2.75, 3.05) is 6.54 Å². The molecule has 2 heteroatoms. The molecule has 1 aliphatic heterocycles. The number of rotatable bonds is 4. The van der Waals surface area contributed by atoms with Gasteiger partial charge in [0, 0.05) is 13.0 Å². The number of amides is 1. The molecule has 0 bridgehead atoms. The molecule has 0 aromatic carbocycles. The predicted octanol–water partition coefficient (Wildman–Crippen LogP) is 3.71. The minimum absolute atomic E-state index is 0.182. The topological polar surface area (TPSA) is 20.3 Å². The second kappa shape index (κ2) is 8.80. The number of allylic oxidation sites excluding steroid dienone is 3. The van der Waals surface area contributed by atoms with Crippen LogP contribution in [0.2, 0.25) is 0 Å². The van der Waals surface area contributed by atoms with Crippen molar-refractivity contribution in [3.63, 3.8) is 0 Å². The molecule has 0 N–H and O–H groups in total. The Morgan fingerprint density at radius 3 is 2.53 bits per heavy atom. The molecule has 0 aromatic rings. The van der Waals surface area contributed by atoms with Gasteiger partial charge in [0.1, 0.15) is 0 Å². The first kappa shape index (κ1) is 15.7. The van der Waals surface area contributed by atoms with E-state index in [1.54, 1.807) is 6.08 Å². The van der Waals surface area contributed by atoms with Gasteiger partial charge in [-0.2, -0.15) is 0 Å². The average molecular weight is 235 g/mol. The molecular weight excluding hydrogens is 210 g/mol. The lowest BCUT2D eigenvalue weighted by Crippen LogP contribution is -2.34. The standard InChI is InChI=1S/C13H19NO.C2H6/c1-4-6-8-12(5-2)11(3)14-10-7-9-13(14)15;1-2/h4-6,8,11H,1,7,9-10H2,2-3H3;1-2H3/b8-6-,12-5+;. The fraction of sp³-hybridized carbons (Fsp3) is 0.533. The second-order valence-electron chi connectivity index (χ2n) is 3.75. The number of likely N-dealkylation sites (tertiary alicyclic amines) is 1. The van der Waals surface area contributed by atoms with Crippen LogP contribution in [0, 0.1) is 0 Å². The summed E-state index contributed by atoms with van der Waals surface area (Å²) in [7, 11) is 0. The van der Waals surface area contributed by atoms with E-state index in [-0.39, 0.29) is 11.9 Å². The van der Waals surface area contributed by atoms with Crippen LogP contribution in [0.25, 0.3) is 0 Å². The van der Waals surface area contributed by atoms with E-state index in [1.807, 2.05) is 37.8 Å². The van der Waals surface area contributed by atoms with Crippen LogP contribution < -0.4 is 0 Å². The van der Waals surface area contributed by atoms with Crippen molar-refractivity contribution in [3.05, 3.63) is 36.5 Å². The lowest BCUT2D eigenvalue weighted by Gasteiger charge is -2.25. The first-order valence-electron chi connectivity index (χ1n) is 6.45. The third-order valence-corrected chi connectivity index (χ3v) is 2.82. The van der Waals surface area contributed by atoms with E-state index in [2.05, 4.69) is 19.6 Å². The third kappa shape index (κ3) is 4.59. The zero-order valence-corrected chi connectivity index (χ0v) is 11.6. The van der Waals surface area contributed by atoms with Crippen molar-refractivity contribution >= 4 is 5.91 Å². The number of nitrogens with zero attached hydrogens (tertiary/aromatic N) is 1. The molecule has 1 fully saturated rings. The zero-order chi connectivity index (χ0) is 13.3. The van der Waals surface area contributed by atoms with Crippen molar-refractivity contribution in [2.24, 2.45) is 0 Å². The van der Waals surface area contributed by atoms with Crippen LogP contribution in [0.15, 0.2) is 36.5 Å². The van der Waals surface area contributed by atoms with Gasteiger partial charge in [0.15, 0.2) is 0 Å². The van der Waals surface area contributed by atoms with Gasteiger partial charge in [-0.1, -0.05) is 44.7 Å². The highest BCUT2D eigenvalue weighted by atomic mass is 16.2. The largest absolute Gasteiger partial charge is 0.336 e. The van der Waals surface area contributed by atoms with Gasteiger partial charge in [0.25, 0.3) is 0 Å². The summed E-state index contributed by atoms with van der Waals surface area (Å²) in [6, 6.07) is 0.182. The Bertz CT molecular complexity index is 302. The van der Waals surface area contributed by atoms with Crippen LogP contribution in [-0.4, -0.2) is 23.4 Å². The third-order valence-electron chi connectivity index (χ3n) is 2.82. The average Bonchev–Trinajstić information content (AvgIpc) is 2.78. The molecule has 1 atom stereocenters. The summed E-state index contributed by atoms with van der Waals surface area (Å²) >= 11 is 0. The lowest BCUT2D eigenvalue weighted by atomic mass is 10.1. The Morgan fingerprint density at radius 1 is 1.47 bits per heavy atom. The van der Waals surface area contributed by atoms with E-state index in [9.17, 15) is 4.79 Å². The molecule has 1 unspecified atom stereocenters. The highest BCUT2D eigenvalue weighted by Gasteiger charge is 2.25. The summed E-state index contributed by atoms with van der Waals surface area (Å²) in [5, 5.41) is 0. The maximum Gasteiger partial charge on any atom is 0.223 e. The molecule has 0 aromatic heterocycles. The maximum absolute atomic E-state index is 11.6. The van der Waals surface area contributed by atoms with E-state index in [1.165, 1.54) is 5.57 Å². The molecule has 96 valence electrons. The summed E-state index contributed by atoms with van der Waals surface area (Å²) in [4.78, 5) is 13.5. The van der Waals surface area contributed by atoms with E-state index in [4.69, 9.17) is 0 Å². The monoisotopic (exact) mass is 235 g/mol. The van der Waals surface area contributed by atoms with Crippen molar-refractivity contribution in [1.29, 1.82) is 0 Å². The van der Waals surface area contributed by atoms with Crippen LogP contribution >= 0.6 is 0 Å². The summed E-state index contributed by atoms with van der Waals surface area (Å²) < 4.78 is 0. The minimum Gasteiger partial charge on any atom is -0.336 e. The Hall–Kier alpha value is -1.31. The highest BCUT2D eigenvalue weighted by molar-refractivity contribution is 5.78. The number of hydrogen-bond donors (Lipinski definition) is 0. The first-order valence-corrected chi connectivity index (χ1v) is 6.45. The summed E-state index contributed by atoms with van der Waals surface area (Å²) in [5.41, 5.74) is 1.17. The molecule has 17 heavy (non-hydrogen) atoms. The molecule has 0 radical (unpaired) electrons.